The second-order valence-corrected chi connectivity index (χ2v) is 6.72. The number of hydrogen-bond acceptors (Lipinski definition) is 4. The SMILES string of the molecule is CS(=O)(=O)C1C(c2ccc(F)cc2)C1(N)CO. The number of aliphatic hydroxyl groups is 1. The summed E-state index contributed by atoms with van der Waals surface area (Å²) >= 11 is 0. The Balaban J connectivity index is 2.37. The molecule has 17 heavy (non-hydrogen) atoms. The van der Waals surface area contributed by atoms with Crippen LogP contribution in [0.25, 0.3) is 0 Å². The molecule has 0 aliphatic heterocycles. The fourth-order valence-electron chi connectivity index (χ4n) is 2.41. The first-order valence-electron chi connectivity index (χ1n) is 5.15. The minimum absolute atomic E-state index is 0.392. The lowest BCUT2D eigenvalue weighted by atomic mass is 10.1. The molecule has 6 heteroatoms. The van der Waals surface area contributed by atoms with Gasteiger partial charge >= 0.3 is 0 Å². The molecular formula is C11H14FNO3S. The van der Waals surface area contributed by atoms with Crippen molar-refractivity contribution >= 4 is 9.84 Å². The molecule has 0 amide bonds. The van der Waals surface area contributed by atoms with Crippen LogP contribution in [0.15, 0.2) is 24.3 Å². The summed E-state index contributed by atoms with van der Waals surface area (Å²) in [6.07, 6.45) is 1.10. The third-order valence-corrected chi connectivity index (χ3v) is 4.90. The first-order valence-corrected chi connectivity index (χ1v) is 7.10. The largest absolute Gasteiger partial charge is 0.394 e. The molecule has 0 saturated heterocycles. The normalized spacial score (nSPS) is 32.5. The number of rotatable bonds is 3. The van der Waals surface area contributed by atoms with Crippen molar-refractivity contribution in [3.8, 4) is 0 Å². The Hall–Kier alpha value is -0.980. The lowest BCUT2D eigenvalue weighted by molar-refractivity contribution is 0.253. The Morgan fingerprint density at radius 1 is 1.41 bits per heavy atom. The van der Waals surface area contributed by atoms with E-state index in [-0.39, 0.29) is 0 Å². The molecule has 0 heterocycles. The zero-order valence-corrected chi connectivity index (χ0v) is 10.1. The monoisotopic (exact) mass is 259 g/mol. The van der Waals surface area contributed by atoms with Crippen molar-refractivity contribution < 1.29 is 17.9 Å². The summed E-state index contributed by atoms with van der Waals surface area (Å²) in [5.41, 5.74) is 5.36. The second-order valence-electron chi connectivity index (χ2n) is 4.55. The van der Waals surface area contributed by atoms with E-state index in [0.717, 1.165) is 6.26 Å². The maximum atomic E-state index is 12.8. The van der Waals surface area contributed by atoms with Crippen LogP contribution in [-0.2, 0) is 9.84 Å². The van der Waals surface area contributed by atoms with Crippen molar-refractivity contribution in [2.75, 3.05) is 12.9 Å². The predicted octanol–water partition coefficient (Wildman–Crippen LogP) is 0.0259. The topological polar surface area (TPSA) is 80.4 Å². The molecule has 3 unspecified atom stereocenters. The molecule has 0 spiro atoms. The van der Waals surface area contributed by atoms with Crippen LogP contribution < -0.4 is 5.73 Å². The van der Waals surface area contributed by atoms with Gasteiger partial charge in [0.2, 0.25) is 0 Å². The van der Waals surface area contributed by atoms with Gasteiger partial charge in [0.1, 0.15) is 5.82 Å². The number of halogens is 1. The fraction of sp³-hybridized carbons (Fsp3) is 0.455. The van der Waals surface area contributed by atoms with Gasteiger partial charge in [0, 0.05) is 12.2 Å². The van der Waals surface area contributed by atoms with E-state index in [9.17, 15) is 17.9 Å². The van der Waals surface area contributed by atoms with Crippen molar-refractivity contribution in [3.05, 3.63) is 35.6 Å². The number of hydrogen-bond donors (Lipinski definition) is 2. The average molecular weight is 259 g/mol. The van der Waals surface area contributed by atoms with Crippen LogP contribution in [0.2, 0.25) is 0 Å². The molecule has 94 valence electrons. The van der Waals surface area contributed by atoms with Gasteiger partial charge < -0.3 is 10.8 Å². The van der Waals surface area contributed by atoms with E-state index in [2.05, 4.69) is 0 Å². The summed E-state index contributed by atoms with van der Waals surface area (Å²) in [5, 5.41) is 8.42. The summed E-state index contributed by atoms with van der Waals surface area (Å²) in [7, 11) is -3.34. The molecule has 1 saturated carbocycles. The van der Waals surface area contributed by atoms with Gasteiger partial charge in [0.15, 0.2) is 9.84 Å². The molecule has 3 N–H and O–H groups in total. The van der Waals surface area contributed by atoms with Gasteiger partial charge in [0.25, 0.3) is 0 Å². The van der Waals surface area contributed by atoms with Crippen LogP contribution in [0.3, 0.4) is 0 Å². The van der Waals surface area contributed by atoms with Crippen molar-refractivity contribution in [2.45, 2.75) is 16.7 Å². The Bertz CT molecular complexity index is 528. The molecule has 1 aromatic rings. The van der Waals surface area contributed by atoms with Crippen molar-refractivity contribution in [1.29, 1.82) is 0 Å². The standard InChI is InChI=1S/C11H14FNO3S/c1-17(15,16)10-9(11(10,13)6-14)7-2-4-8(12)5-3-7/h2-5,9-10,14H,6,13H2,1H3. The molecule has 0 radical (unpaired) electrons. The summed E-state index contributed by atoms with van der Waals surface area (Å²) in [5.74, 6) is -0.861. The Morgan fingerprint density at radius 3 is 2.29 bits per heavy atom. The minimum Gasteiger partial charge on any atom is -0.394 e. The predicted molar refractivity (Wildman–Crippen MR) is 61.8 cm³/mol. The summed E-state index contributed by atoms with van der Waals surface area (Å²) < 4.78 is 35.9. The van der Waals surface area contributed by atoms with Crippen LogP contribution in [0.1, 0.15) is 11.5 Å². The van der Waals surface area contributed by atoms with Crippen LogP contribution >= 0.6 is 0 Å². The van der Waals surface area contributed by atoms with Crippen molar-refractivity contribution in [2.24, 2.45) is 5.73 Å². The summed E-state index contributed by atoms with van der Waals surface area (Å²) in [6.45, 7) is -0.410. The number of benzene rings is 1. The quantitative estimate of drug-likeness (QED) is 0.802. The van der Waals surface area contributed by atoms with E-state index in [1.807, 2.05) is 0 Å². The number of aliphatic hydroxyl groups excluding tert-OH is 1. The highest BCUT2D eigenvalue weighted by atomic mass is 32.2. The van der Waals surface area contributed by atoms with E-state index in [1.54, 1.807) is 0 Å². The van der Waals surface area contributed by atoms with Crippen LogP contribution in [0.5, 0.6) is 0 Å². The molecule has 3 atom stereocenters. The van der Waals surface area contributed by atoms with E-state index in [0.29, 0.717) is 5.56 Å². The van der Waals surface area contributed by atoms with Crippen molar-refractivity contribution in [1.82, 2.24) is 0 Å². The maximum Gasteiger partial charge on any atom is 0.152 e. The third kappa shape index (κ3) is 1.96. The molecule has 1 aliphatic carbocycles. The zero-order chi connectivity index (χ0) is 12.8. The molecule has 0 aromatic heterocycles. The Morgan fingerprint density at radius 2 is 1.94 bits per heavy atom. The van der Waals surface area contributed by atoms with Crippen LogP contribution in [-0.4, -0.2) is 37.2 Å². The van der Waals surface area contributed by atoms with Gasteiger partial charge in [-0.05, 0) is 17.7 Å². The van der Waals surface area contributed by atoms with Gasteiger partial charge in [-0.3, -0.25) is 0 Å². The summed E-state index contributed by atoms with van der Waals surface area (Å²) in [4.78, 5) is 0. The van der Waals surface area contributed by atoms with Crippen LogP contribution in [0.4, 0.5) is 4.39 Å². The molecule has 2 rings (SSSR count). The van der Waals surface area contributed by atoms with Crippen LogP contribution in [0, 0.1) is 5.82 Å². The molecule has 0 bridgehead atoms. The Kier molecular flexibility index (Phi) is 2.76. The smallest absolute Gasteiger partial charge is 0.152 e. The van der Waals surface area contributed by atoms with Gasteiger partial charge in [-0.15, -0.1) is 0 Å². The third-order valence-electron chi connectivity index (χ3n) is 3.27. The fourth-order valence-corrected chi connectivity index (χ4v) is 4.26. The van der Waals surface area contributed by atoms with E-state index in [4.69, 9.17) is 5.73 Å². The van der Waals surface area contributed by atoms with E-state index < -0.39 is 39.0 Å². The minimum atomic E-state index is -3.34. The van der Waals surface area contributed by atoms with Gasteiger partial charge in [-0.2, -0.15) is 0 Å². The molecule has 1 fully saturated rings. The number of nitrogens with two attached hydrogens (primary N) is 1. The van der Waals surface area contributed by atoms with Crippen molar-refractivity contribution in [3.63, 3.8) is 0 Å². The van der Waals surface area contributed by atoms with E-state index in [1.165, 1.54) is 24.3 Å². The highest BCUT2D eigenvalue weighted by Gasteiger charge is 2.67. The molecule has 1 aromatic carbocycles. The summed E-state index contributed by atoms with van der Waals surface area (Å²) in [6, 6.07) is 5.51. The maximum absolute atomic E-state index is 12.8. The van der Waals surface area contributed by atoms with E-state index >= 15 is 0 Å². The Labute approximate surface area is 99.2 Å². The molecule has 1 aliphatic rings. The average Bonchev–Trinajstić information content (AvgIpc) is 2.87. The lowest BCUT2D eigenvalue weighted by Crippen LogP contribution is -2.34. The van der Waals surface area contributed by atoms with Gasteiger partial charge in [-0.25, -0.2) is 12.8 Å². The first-order chi connectivity index (χ1) is 7.80. The molecule has 4 nitrogen and oxygen atoms in total. The number of sulfone groups is 1. The molecular weight excluding hydrogens is 245 g/mol. The lowest BCUT2D eigenvalue weighted by Gasteiger charge is -2.06. The highest BCUT2D eigenvalue weighted by Crippen LogP contribution is 2.53. The highest BCUT2D eigenvalue weighted by molar-refractivity contribution is 7.91. The van der Waals surface area contributed by atoms with Gasteiger partial charge in [0.05, 0.1) is 17.4 Å². The zero-order valence-electron chi connectivity index (χ0n) is 9.30. The second kappa shape index (κ2) is 3.76. The first kappa shape index (κ1) is 12.5. The van der Waals surface area contributed by atoms with Gasteiger partial charge in [-0.1, -0.05) is 12.1 Å².